The zero-order valence-corrected chi connectivity index (χ0v) is 8.20. The zero-order valence-electron chi connectivity index (χ0n) is 8.20. The second-order valence-electron chi connectivity index (χ2n) is 3.02. The number of ketones is 1. The number of nitrogens with zero attached hydrogens (tertiary/aromatic N) is 1. The molecule has 0 saturated carbocycles. The first kappa shape index (κ1) is 10.3. The standard InChI is InChI=1S/C11H11NO2/c1-8(13)5-10-4-3-9(7-12)6-11(10)14-2/h3-4,6H,5H2,1-2H3. The highest BCUT2D eigenvalue weighted by Crippen LogP contribution is 2.20. The van der Waals surface area contributed by atoms with Crippen LogP contribution in [-0.2, 0) is 11.2 Å². The summed E-state index contributed by atoms with van der Waals surface area (Å²) in [5, 5.41) is 8.66. The number of hydrogen-bond acceptors (Lipinski definition) is 3. The summed E-state index contributed by atoms with van der Waals surface area (Å²) in [5.74, 6) is 0.673. The number of carbonyl (C=O) groups excluding carboxylic acids is 1. The van der Waals surface area contributed by atoms with E-state index in [0.717, 1.165) is 5.56 Å². The van der Waals surface area contributed by atoms with Crippen molar-refractivity contribution in [2.75, 3.05) is 7.11 Å². The molecule has 0 atom stereocenters. The third-order valence-electron chi connectivity index (χ3n) is 1.86. The van der Waals surface area contributed by atoms with Crippen LogP contribution in [0.2, 0.25) is 0 Å². The average molecular weight is 189 g/mol. The Bertz CT molecular complexity index is 391. The third kappa shape index (κ3) is 2.33. The molecular formula is C11H11NO2. The van der Waals surface area contributed by atoms with Gasteiger partial charge in [0, 0.05) is 12.0 Å². The van der Waals surface area contributed by atoms with Gasteiger partial charge in [0.25, 0.3) is 0 Å². The van der Waals surface area contributed by atoms with Gasteiger partial charge in [-0.1, -0.05) is 6.07 Å². The molecule has 72 valence electrons. The first-order valence-electron chi connectivity index (χ1n) is 4.24. The predicted octanol–water partition coefficient (Wildman–Crippen LogP) is 1.70. The quantitative estimate of drug-likeness (QED) is 0.727. The van der Waals surface area contributed by atoms with E-state index >= 15 is 0 Å². The van der Waals surface area contributed by atoms with Crippen molar-refractivity contribution in [1.82, 2.24) is 0 Å². The van der Waals surface area contributed by atoms with E-state index in [4.69, 9.17) is 10.00 Å². The van der Waals surface area contributed by atoms with Gasteiger partial charge in [0.2, 0.25) is 0 Å². The summed E-state index contributed by atoms with van der Waals surface area (Å²) in [6.07, 6.45) is 0.342. The van der Waals surface area contributed by atoms with Crippen LogP contribution < -0.4 is 4.74 Å². The molecule has 0 radical (unpaired) electrons. The highest BCUT2D eigenvalue weighted by atomic mass is 16.5. The molecule has 0 N–H and O–H groups in total. The minimum atomic E-state index is 0.0769. The molecule has 0 spiro atoms. The van der Waals surface area contributed by atoms with E-state index in [2.05, 4.69) is 0 Å². The number of nitriles is 1. The molecule has 0 amide bonds. The Morgan fingerprint density at radius 1 is 1.57 bits per heavy atom. The van der Waals surface area contributed by atoms with Crippen LogP contribution in [0, 0.1) is 11.3 Å². The van der Waals surface area contributed by atoms with Gasteiger partial charge < -0.3 is 4.74 Å². The summed E-state index contributed by atoms with van der Waals surface area (Å²) in [6, 6.07) is 7.08. The van der Waals surface area contributed by atoms with E-state index in [0.29, 0.717) is 17.7 Å². The van der Waals surface area contributed by atoms with Crippen LogP contribution in [-0.4, -0.2) is 12.9 Å². The summed E-state index contributed by atoms with van der Waals surface area (Å²) in [4.78, 5) is 10.9. The van der Waals surface area contributed by atoms with Crippen molar-refractivity contribution < 1.29 is 9.53 Å². The fourth-order valence-corrected chi connectivity index (χ4v) is 1.23. The smallest absolute Gasteiger partial charge is 0.134 e. The van der Waals surface area contributed by atoms with E-state index in [1.165, 1.54) is 14.0 Å². The molecular weight excluding hydrogens is 178 g/mol. The maximum Gasteiger partial charge on any atom is 0.134 e. The molecule has 3 nitrogen and oxygen atoms in total. The molecule has 0 aliphatic rings. The lowest BCUT2D eigenvalue weighted by Crippen LogP contribution is -1.99. The lowest BCUT2D eigenvalue weighted by atomic mass is 10.1. The van der Waals surface area contributed by atoms with Crippen molar-refractivity contribution in [2.45, 2.75) is 13.3 Å². The van der Waals surface area contributed by atoms with Crippen LogP contribution in [0.5, 0.6) is 5.75 Å². The predicted molar refractivity (Wildman–Crippen MR) is 52.1 cm³/mol. The highest BCUT2D eigenvalue weighted by Gasteiger charge is 2.06. The Morgan fingerprint density at radius 2 is 2.29 bits per heavy atom. The molecule has 0 fully saturated rings. The molecule has 0 aliphatic carbocycles. The molecule has 0 heterocycles. The van der Waals surface area contributed by atoms with Crippen molar-refractivity contribution in [3.05, 3.63) is 29.3 Å². The van der Waals surface area contributed by atoms with Crippen molar-refractivity contribution in [1.29, 1.82) is 5.26 Å². The van der Waals surface area contributed by atoms with E-state index in [1.54, 1.807) is 18.2 Å². The minimum absolute atomic E-state index is 0.0769. The first-order chi connectivity index (χ1) is 6.67. The van der Waals surface area contributed by atoms with Gasteiger partial charge in [0.1, 0.15) is 11.5 Å². The van der Waals surface area contributed by atoms with Gasteiger partial charge in [0.15, 0.2) is 0 Å². The maximum atomic E-state index is 10.9. The topological polar surface area (TPSA) is 50.1 Å². The largest absolute Gasteiger partial charge is 0.496 e. The number of benzene rings is 1. The van der Waals surface area contributed by atoms with Crippen LogP contribution in [0.1, 0.15) is 18.1 Å². The molecule has 0 aromatic heterocycles. The van der Waals surface area contributed by atoms with Crippen molar-refractivity contribution >= 4 is 5.78 Å². The average Bonchev–Trinajstić information content (AvgIpc) is 2.17. The normalized spacial score (nSPS) is 9.21. The fourth-order valence-electron chi connectivity index (χ4n) is 1.23. The molecule has 1 aromatic rings. The van der Waals surface area contributed by atoms with Gasteiger partial charge in [-0.15, -0.1) is 0 Å². The van der Waals surface area contributed by atoms with Gasteiger partial charge in [-0.3, -0.25) is 4.79 Å². The second kappa shape index (κ2) is 4.43. The third-order valence-corrected chi connectivity index (χ3v) is 1.86. The van der Waals surface area contributed by atoms with E-state index in [9.17, 15) is 4.79 Å². The Hall–Kier alpha value is -1.82. The van der Waals surface area contributed by atoms with Crippen LogP contribution >= 0.6 is 0 Å². The summed E-state index contributed by atoms with van der Waals surface area (Å²) in [7, 11) is 1.53. The summed E-state index contributed by atoms with van der Waals surface area (Å²) < 4.78 is 5.09. The van der Waals surface area contributed by atoms with Gasteiger partial charge >= 0.3 is 0 Å². The van der Waals surface area contributed by atoms with E-state index in [1.807, 2.05) is 6.07 Å². The zero-order chi connectivity index (χ0) is 10.6. The summed E-state index contributed by atoms with van der Waals surface area (Å²) in [5.41, 5.74) is 1.35. The van der Waals surface area contributed by atoms with Crippen molar-refractivity contribution in [2.24, 2.45) is 0 Å². The van der Waals surface area contributed by atoms with Crippen LogP contribution in [0.4, 0.5) is 0 Å². The molecule has 3 heteroatoms. The van der Waals surface area contributed by atoms with Crippen LogP contribution in [0.15, 0.2) is 18.2 Å². The first-order valence-corrected chi connectivity index (χ1v) is 4.24. The van der Waals surface area contributed by atoms with Crippen LogP contribution in [0.25, 0.3) is 0 Å². The monoisotopic (exact) mass is 189 g/mol. The lowest BCUT2D eigenvalue weighted by Gasteiger charge is -2.06. The van der Waals surface area contributed by atoms with Gasteiger partial charge in [0.05, 0.1) is 18.7 Å². The summed E-state index contributed by atoms with van der Waals surface area (Å²) >= 11 is 0. The lowest BCUT2D eigenvalue weighted by molar-refractivity contribution is -0.116. The molecule has 14 heavy (non-hydrogen) atoms. The van der Waals surface area contributed by atoms with E-state index in [-0.39, 0.29) is 5.78 Å². The second-order valence-corrected chi connectivity index (χ2v) is 3.02. The van der Waals surface area contributed by atoms with E-state index < -0.39 is 0 Å². The number of Topliss-reactive ketones (excluding diaryl/α,β-unsaturated/α-hetero) is 1. The highest BCUT2D eigenvalue weighted by molar-refractivity contribution is 5.79. The molecule has 0 aliphatic heterocycles. The Balaban J connectivity index is 3.06. The fraction of sp³-hybridized carbons (Fsp3) is 0.273. The van der Waals surface area contributed by atoms with Crippen LogP contribution in [0.3, 0.4) is 0 Å². The minimum Gasteiger partial charge on any atom is -0.496 e. The number of rotatable bonds is 3. The number of ether oxygens (including phenoxy) is 1. The number of methoxy groups -OCH3 is 1. The number of hydrogen-bond donors (Lipinski definition) is 0. The van der Waals surface area contributed by atoms with Gasteiger partial charge in [-0.05, 0) is 19.1 Å². The number of carbonyl (C=O) groups is 1. The van der Waals surface area contributed by atoms with Gasteiger partial charge in [-0.2, -0.15) is 5.26 Å². The molecule has 0 bridgehead atoms. The maximum absolute atomic E-state index is 10.9. The SMILES string of the molecule is COc1cc(C#N)ccc1CC(C)=O. The Labute approximate surface area is 82.9 Å². The molecule has 0 saturated heterocycles. The summed E-state index contributed by atoms with van der Waals surface area (Å²) in [6.45, 7) is 1.53. The van der Waals surface area contributed by atoms with Gasteiger partial charge in [-0.25, -0.2) is 0 Å². The Morgan fingerprint density at radius 3 is 2.79 bits per heavy atom. The molecule has 1 aromatic carbocycles. The van der Waals surface area contributed by atoms with Crippen molar-refractivity contribution in [3.8, 4) is 11.8 Å². The Kier molecular flexibility index (Phi) is 3.24. The molecule has 0 unspecified atom stereocenters. The molecule has 1 rings (SSSR count). The van der Waals surface area contributed by atoms with Crippen molar-refractivity contribution in [3.63, 3.8) is 0 Å².